The van der Waals surface area contributed by atoms with Gasteiger partial charge in [0.05, 0.1) is 12.1 Å². The molecule has 1 aromatic heterocycles. The van der Waals surface area contributed by atoms with Crippen molar-refractivity contribution >= 4 is 17.0 Å². The Bertz CT molecular complexity index is 677. The van der Waals surface area contributed by atoms with Crippen LogP contribution in [0.3, 0.4) is 0 Å². The predicted molar refractivity (Wildman–Crippen MR) is 80.9 cm³/mol. The van der Waals surface area contributed by atoms with Crippen LogP contribution < -0.4 is 10.6 Å². The van der Waals surface area contributed by atoms with E-state index in [-0.39, 0.29) is 18.0 Å². The molecular formula is C16H18FN3O2. The summed E-state index contributed by atoms with van der Waals surface area (Å²) in [4.78, 5) is 15.1. The lowest BCUT2D eigenvalue weighted by Gasteiger charge is -2.10. The average Bonchev–Trinajstić information content (AvgIpc) is 2.94. The van der Waals surface area contributed by atoms with E-state index in [1.165, 1.54) is 6.07 Å². The number of carbonyl (C=O) groups is 1. The summed E-state index contributed by atoms with van der Waals surface area (Å²) in [6.07, 6.45) is 2.97. The van der Waals surface area contributed by atoms with Crippen molar-refractivity contribution in [2.24, 2.45) is 0 Å². The Hall–Kier alpha value is -2.21. The van der Waals surface area contributed by atoms with Gasteiger partial charge in [0.2, 0.25) is 0 Å². The Kier molecular flexibility index (Phi) is 4.48. The number of aromatic nitrogens is 1. The largest absolute Gasteiger partial charge is 0.444 e. The molecule has 6 heteroatoms. The molecule has 0 bridgehead atoms. The van der Waals surface area contributed by atoms with Crippen LogP contribution >= 0.6 is 0 Å². The topological polar surface area (TPSA) is 63.2 Å². The Morgan fingerprint density at radius 2 is 2.32 bits per heavy atom. The van der Waals surface area contributed by atoms with Crippen LogP contribution in [0.1, 0.15) is 18.4 Å². The summed E-state index contributed by atoms with van der Waals surface area (Å²) in [5.41, 5.74) is 1.43. The van der Waals surface area contributed by atoms with Crippen LogP contribution in [0.5, 0.6) is 0 Å². The lowest BCUT2D eigenvalue weighted by atomic mass is 10.1. The number of carbonyl (C=O) groups excluding carboxylic acids is 1. The van der Waals surface area contributed by atoms with E-state index in [1.807, 2.05) is 12.1 Å². The van der Waals surface area contributed by atoms with Gasteiger partial charge in [0.25, 0.3) is 0 Å². The van der Waals surface area contributed by atoms with E-state index < -0.39 is 0 Å². The number of benzene rings is 1. The second-order valence-corrected chi connectivity index (χ2v) is 5.32. The number of nitrogens with one attached hydrogen (secondary N) is 2. The Labute approximate surface area is 127 Å². The van der Waals surface area contributed by atoms with Crippen molar-refractivity contribution in [1.82, 2.24) is 15.6 Å². The van der Waals surface area contributed by atoms with E-state index in [2.05, 4.69) is 15.6 Å². The van der Waals surface area contributed by atoms with E-state index >= 15 is 0 Å². The van der Waals surface area contributed by atoms with Crippen LogP contribution in [-0.4, -0.2) is 30.3 Å². The van der Waals surface area contributed by atoms with E-state index in [1.54, 1.807) is 12.3 Å². The fourth-order valence-corrected chi connectivity index (χ4v) is 2.63. The molecule has 2 heterocycles. The third kappa shape index (κ3) is 3.33. The van der Waals surface area contributed by atoms with Crippen molar-refractivity contribution in [3.05, 3.63) is 41.8 Å². The summed E-state index contributed by atoms with van der Waals surface area (Å²) < 4.78 is 19.0. The number of amides is 1. The molecule has 1 aliphatic rings. The molecule has 3 rings (SSSR count). The standard InChI is InChI=1S/C16H18FN3O2/c17-14-5-6-15-12(4-2-8-19-15)13(14)10-18-7-1-3-11-9-20-16(21)22-11/h2,4-6,8,11,18H,1,3,7,9-10H2,(H,20,21)/t11-/m1/s1. The summed E-state index contributed by atoms with van der Waals surface area (Å²) >= 11 is 0. The Balaban J connectivity index is 1.51. The Morgan fingerprint density at radius 3 is 3.14 bits per heavy atom. The molecular weight excluding hydrogens is 285 g/mol. The highest BCUT2D eigenvalue weighted by Gasteiger charge is 2.21. The van der Waals surface area contributed by atoms with Crippen LogP contribution in [0.2, 0.25) is 0 Å². The lowest BCUT2D eigenvalue weighted by molar-refractivity contribution is 0.134. The molecule has 2 N–H and O–H groups in total. The first kappa shape index (κ1) is 14.7. The van der Waals surface area contributed by atoms with Gasteiger partial charge in [-0.2, -0.15) is 0 Å². The van der Waals surface area contributed by atoms with Crippen LogP contribution in [0.15, 0.2) is 30.5 Å². The molecule has 5 nitrogen and oxygen atoms in total. The highest BCUT2D eigenvalue weighted by atomic mass is 19.1. The molecule has 1 saturated heterocycles. The number of fused-ring (bicyclic) bond motifs is 1. The first-order valence-corrected chi connectivity index (χ1v) is 7.41. The van der Waals surface area contributed by atoms with Gasteiger partial charge in [0, 0.05) is 23.7 Å². The maximum atomic E-state index is 14.0. The smallest absolute Gasteiger partial charge is 0.407 e. The van der Waals surface area contributed by atoms with Gasteiger partial charge in [0.1, 0.15) is 11.9 Å². The molecule has 0 radical (unpaired) electrons. The number of hydrogen-bond donors (Lipinski definition) is 2. The first-order chi connectivity index (χ1) is 10.7. The second kappa shape index (κ2) is 6.70. The molecule has 1 amide bonds. The minimum Gasteiger partial charge on any atom is -0.444 e. The first-order valence-electron chi connectivity index (χ1n) is 7.41. The molecule has 1 fully saturated rings. The second-order valence-electron chi connectivity index (χ2n) is 5.32. The monoisotopic (exact) mass is 303 g/mol. The van der Waals surface area contributed by atoms with Crippen LogP contribution in [0.25, 0.3) is 10.9 Å². The third-order valence-electron chi connectivity index (χ3n) is 3.77. The maximum Gasteiger partial charge on any atom is 0.407 e. The lowest BCUT2D eigenvalue weighted by Crippen LogP contribution is -2.19. The molecule has 1 aromatic carbocycles. The van der Waals surface area contributed by atoms with Crippen molar-refractivity contribution in [2.45, 2.75) is 25.5 Å². The quantitative estimate of drug-likeness (QED) is 0.804. The van der Waals surface area contributed by atoms with Gasteiger partial charge < -0.3 is 15.4 Å². The fourth-order valence-electron chi connectivity index (χ4n) is 2.63. The van der Waals surface area contributed by atoms with Crippen LogP contribution in [0.4, 0.5) is 9.18 Å². The van der Waals surface area contributed by atoms with Crippen molar-refractivity contribution in [2.75, 3.05) is 13.1 Å². The number of ether oxygens (including phenoxy) is 1. The maximum absolute atomic E-state index is 14.0. The summed E-state index contributed by atoms with van der Waals surface area (Å²) in [5, 5.41) is 6.70. The number of alkyl carbamates (subject to hydrolysis) is 1. The zero-order valence-electron chi connectivity index (χ0n) is 12.1. The van der Waals surface area contributed by atoms with Crippen molar-refractivity contribution in [3.8, 4) is 0 Å². The zero-order valence-corrected chi connectivity index (χ0v) is 12.1. The number of pyridine rings is 1. The highest BCUT2D eigenvalue weighted by molar-refractivity contribution is 5.82. The van der Waals surface area contributed by atoms with E-state index in [0.29, 0.717) is 18.7 Å². The van der Waals surface area contributed by atoms with Crippen LogP contribution in [-0.2, 0) is 11.3 Å². The molecule has 0 aliphatic carbocycles. The van der Waals surface area contributed by atoms with Gasteiger partial charge in [-0.15, -0.1) is 0 Å². The van der Waals surface area contributed by atoms with Gasteiger partial charge in [-0.1, -0.05) is 6.07 Å². The summed E-state index contributed by atoms with van der Waals surface area (Å²) in [6, 6.07) is 6.84. The number of halogens is 1. The van der Waals surface area contributed by atoms with E-state index in [0.717, 1.165) is 30.3 Å². The van der Waals surface area contributed by atoms with E-state index in [4.69, 9.17) is 4.74 Å². The molecule has 0 unspecified atom stereocenters. The molecule has 2 aromatic rings. The molecule has 22 heavy (non-hydrogen) atoms. The molecule has 1 atom stereocenters. The van der Waals surface area contributed by atoms with E-state index in [9.17, 15) is 9.18 Å². The van der Waals surface area contributed by atoms with Gasteiger partial charge >= 0.3 is 6.09 Å². The minimum atomic E-state index is -0.344. The normalized spacial score (nSPS) is 17.5. The predicted octanol–water partition coefficient (Wildman–Crippen LogP) is 2.35. The average molecular weight is 303 g/mol. The van der Waals surface area contributed by atoms with Crippen molar-refractivity contribution in [1.29, 1.82) is 0 Å². The SMILES string of the molecule is O=C1NC[C@@H](CCCNCc2c(F)ccc3ncccc23)O1. The molecule has 116 valence electrons. The van der Waals surface area contributed by atoms with Crippen molar-refractivity contribution in [3.63, 3.8) is 0 Å². The number of rotatable bonds is 6. The molecule has 1 aliphatic heterocycles. The number of nitrogens with zero attached hydrogens (tertiary/aromatic N) is 1. The Morgan fingerprint density at radius 1 is 1.41 bits per heavy atom. The van der Waals surface area contributed by atoms with Gasteiger partial charge in [-0.25, -0.2) is 9.18 Å². The molecule has 0 saturated carbocycles. The summed E-state index contributed by atoms with van der Waals surface area (Å²) in [6.45, 7) is 1.77. The van der Waals surface area contributed by atoms with Gasteiger partial charge in [-0.05, 0) is 37.6 Å². The van der Waals surface area contributed by atoms with Crippen molar-refractivity contribution < 1.29 is 13.9 Å². The summed E-state index contributed by atoms with van der Waals surface area (Å²) in [5.74, 6) is -0.220. The van der Waals surface area contributed by atoms with Crippen LogP contribution in [0, 0.1) is 5.82 Å². The zero-order chi connectivity index (χ0) is 15.4. The minimum absolute atomic E-state index is 0.0483. The number of hydrogen-bond acceptors (Lipinski definition) is 4. The summed E-state index contributed by atoms with van der Waals surface area (Å²) in [7, 11) is 0. The highest BCUT2D eigenvalue weighted by Crippen LogP contribution is 2.19. The molecule has 0 spiro atoms. The van der Waals surface area contributed by atoms with Gasteiger partial charge in [0.15, 0.2) is 0 Å². The van der Waals surface area contributed by atoms with Gasteiger partial charge in [-0.3, -0.25) is 4.98 Å². The third-order valence-corrected chi connectivity index (χ3v) is 3.77. The fraction of sp³-hybridized carbons (Fsp3) is 0.375. The number of cyclic esters (lactones) is 1.